The molecule has 0 aliphatic carbocycles. The molecule has 2 aromatic carbocycles. The number of carbonyl (C=O) groups excluding carboxylic acids is 1. The second-order valence-corrected chi connectivity index (χ2v) is 8.70. The molecule has 0 radical (unpaired) electrons. The van der Waals surface area contributed by atoms with Gasteiger partial charge < -0.3 is 20.4 Å². The number of amides is 1. The van der Waals surface area contributed by atoms with E-state index in [0.717, 1.165) is 64.4 Å². The van der Waals surface area contributed by atoms with Gasteiger partial charge in [0, 0.05) is 57.9 Å². The Morgan fingerprint density at radius 2 is 1.82 bits per heavy atom. The Morgan fingerprint density at radius 1 is 1.06 bits per heavy atom. The lowest BCUT2D eigenvalue weighted by Gasteiger charge is -2.35. The van der Waals surface area contributed by atoms with Gasteiger partial charge in [0.2, 0.25) is 5.91 Å². The molecule has 2 aliphatic rings. The van der Waals surface area contributed by atoms with Gasteiger partial charge in [-0.2, -0.15) is 0 Å². The Kier molecular flexibility index (Phi) is 9.84. The fourth-order valence-corrected chi connectivity index (χ4v) is 4.67. The number of anilines is 1. The summed E-state index contributed by atoms with van der Waals surface area (Å²) >= 11 is 0. The predicted octanol–water partition coefficient (Wildman–Crippen LogP) is 3.80. The third-order valence-electron chi connectivity index (χ3n) is 6.45. The average Bonchev–Trinajstić information content (AvgIpc) is 2.86. The molecule has 2 aromatic rings. The Bertz CT molecular complexity index is 920. The largest absolute Gasteiger partial charge is 0.369 e. The van der Waals surface area contributed by atoms with Crippen LogP contribution in [0.25, 0.3) is 0 Å². The van der Waals surface area contributed by atoms with Crippen LogP contribution in [0.15, 0.2) is 59.6 Å². The number of rotatable bonds is 6. The van der Waals surface area contributed by atoms with Crippen molar-refractivity contribution in [2.45, 2.75) is 44.7 Å². The standard InChI is InChI=1S/C26H35N5O.HI/c1-27-26(29-23-11-8-17-30(20-23)24-12-3-2-4-13-24)28-16-7-14-25(32)31-18-15-21-9-5-6-10-22(21)19-31;/h2-6,9-10,12-13,23H,7-8,11,14-20H2,1H3,(H2,27,28,29);1H. The number of guanidine groups is 1. The number of hydrogen-bond donors (Lipinski definition) is 2. The van der Waals surface area contributed by atoms with Gasteiger partial charge in [-0.15, -0.1) is 24.0 Å². The third kappa shape index (κ3) is 7.09. The van der Waals surface area contributed by atoms with Crippen LogP contribution in [0.4, 0.5) is 5.69 Å². The minimum absolute atomic E-state index is 0. The summed E-state index contributed by atoms with van der Waals surface area (Å²) in [4.78, 5) is 21.5. The van der Waals surface area contributed by atoms with Crippen molar-refractivity contribution in [1.82, 2.24) is 15.5 Å². The van der Waals surface area contributed by atoms with Crippen molar-refractivity contribution < 1.29 is 4.79 Å². The van der Waals surface area contributed by atoms with Crippen LogP contribution >= 0.6 is 24.0 Å². The van der Waals surface area contributed by atoms with E-state index in [-0.39, 0.29) is 29.9 Å². The van der Waals surface area contributed by atoms with E-state index in [2.05, 4.69) is 75.1 Å². The molecule has 2 N–H and O–H groups in total. The first-order valence-electron chi connectivity index (χ1n) is 11.8. The number of carbonyl (C=O) groups is 1. The van der Waals surface area contributed by atoms with Crippen LogP contribution < -0.4 is 15.5 Å². The lowest BCUT2D eigenvalue weighted by molar-refractivity contribution is -0.132. The molecule has 2 heterocycles. The van der Waals surface area contributed by atoms with E-state index in [1.807, 2.05) is 11.9 Å². The molecule has 2 aliphatic heterocycles. The summed E-state index contributed by atoms with van der Waals surface area (Å²) in [6, 6.07) is 19.4. The monoisotopic (exact) mass is 561 g/mol. The number of benzene rings is 2. The van der Waals surface area contributed by atoms with Gasteiger partial charge in [-0.05, 0) is 48.9 Å². The minimum Gasteiger partial charge on any atom is -0.369 e. The highest BCUT2D eigenvalue weighted by Gasteiger charge is 2.22. The van der Waals surface area contributed by atoms with Crippen LogP contribution in [0.3, 0.4) is 0 Å². The Balaban J connectivity index is 0.00000306. The molecule has 6 nitrogen and oxygen atoms in total. The van der Waals surface area contributed by atoms with E-state index >= 15 is 0 Å². The topological polar surface area (TPSA) is 60.0 Å². The van der Waals surface area contributed by atoms with Crippen LogP contribution in [0.2, 0.25) is 0 Å². The molecule has 1 saturated heterocycles. The first kappa shape index (κ1) is 25.3. The molecule has 1 atom stereocenters. The lowest BCUT2D eigenvalue weighted by Crippen LogP contribution is -2.51. The van der Waals surface area contributed by atoms with Crippen molar-refractivity contribution in [3.63, 3.8) is 0 Å². The van der Waals surface area contributed by atoms with Crippen LogP contribution in [0, 0.1) is 0 Å². The molecule has 178 valence electrons. The zero-order valence-corrected chi connectivity index (χ0v) is 21.8. The van der Waals surface area contributed by atoms with Gasteiger partial charge in [0.25, 0.3) is 0 Å². The first-order valence-corrected chi connectivity index (χ1v) is 11.8. The normalized spacial score (nSPS) is 18.2. The van der Waals surface area contributed by atoms with Crippen molar-refractivity contribution in [2.75, 3.05) is 38.1 Å². The number of aliphatic imine (C=N–C) groups is 1. The summed E-state index contributed by atoms with van der Waals surface area (Å²) in [5.41, 5.74) is 3.94. The summed E-state index contributed by atoms with van der Waals surface area (Å²) in [7, 11) is 1.81. The number of piperidine rings is 1. The number of halogens is 1. The highest BCUT2D eigenvalue weighted by atomic mass is 127. The number of hydrogen-bond acceptors (Lipinski definition) is 3. The number of fused-ring (bicyclic) bond motifs is 1. The molecular formula is C26H36IN5O. The fraction of sp³-hybridized carbons (Fsp3) is 0.462. The quantitative estimate of drug-likeness (QED) is 0.244. The number of para-hydroxylation sites is 1. The van der Waals surface area contributed by atoms with Gasteiger partial charge in [-0.25, -0.2) is 0 Å². The molecule has 1 unspecified atom stereocenters. The maximum atomic E-state index is 12.7. The summed E-state index contributed by atoms with van der Waals surface area (Å²) in [5, 5.41) is 6.96. The molecule has 4 rings (SSSR count). The van der Waals surface area contributed by atoms with Crippen molar-refractivity contribution in [2.24, 2.45) is 4.99 Å². The molecule has 33 heavy (non-hydrogen) atoms. The number of nitrogens with zero attached hydrogens (tertiary/aromatic N) is 3. The zero-order chi connectivity index (χ0) is 22.2. The second kappa shape index (κ2) is 12.8. The van der Waals surface area contributed by atoms with Crippen LogP contribution in [-0.4, -0.2) is 56.0 Å². The Hall–Kier alpha value is -2.29. The maximum Gasteiger partial charge on any atom is 0.222 e. The van der Waals surface area contributed by atoms with E-state index < -0.39 is 0 Å². The van der Waals surface area contributed by atoms with Gasteiger partial charge in [0.15, 0.2) is 5.96 Å². The summed E-state index contributed by atoms with van der Waals surface area (Å²) in [5.74, 6) is 1.07. The van der Waals surface area contributed by atoms with Crippen molar-refractivity contribution in [1.29, 1.82) is 0 Å². The van der Waals surface area contributed by atoms with E-state index in [1.165, 1.54) is 16.8 Å². The highest BCUT2D eigenvalue weighted by molar-refractivity contribution is 14.0. The zero-order valence-electron chi connectivity index (χ0n) is 19.5. The molecule has 1 fully saturated rings. The van der Waals surface area contributed by atoms with Gasteiger partial charge in [-0.3, -0.25) is 9.79 Å². The van der Waals surface area contributed by atoms with E-state index in [1.54, 1.807) is 0 Å². The Morgan fingerprint density at radius 3 is 2.61 bits per heavy atom. The van der Waals surface area contributed by atoms with Crippen molar-refractivity contribution in [3.05, 3.63) is 65.7 Å². The fourth-order valence-electron chi connectivity index (χ4n) is 4.67. The van der Waals surface area contributed by atoms with Gasteiger partial charge in [0.1, 0.15) is 0 Å². The van der Waals surface area contributed by atoms with Gasteiger partial charge >= 0.3 is 0 Å². The molecule has 0 bridgehead atoms. The lowest BCUT2D eigenvalue weighted by atomic mass is 9.99. The van der Waals surface area contributed by atoms with E-state index in [9.17, 15) is 4.79 Å². The second-order valence-electron chi connectivity index (χ2n) is 8.70. The first-order chi connectivity index (χ1) is 15.7. The maximum absolute atomic E-state index is 12.7. The SMILES string of the molecule is CN=C(NCCCC(=O)N1CCc2ccccc2C1)NC1CCCN(c2ccccc2)C1.I. The molecule has 0 aromatic heterocycles. The molecule has 1 amide bonds. The van der Waals surface area contributed by atoms with Crippen LogP contribution in [0.1, 0.15) is 36.8 Å². The Labute approximate surface area is 214 Å². The third-order valence-corrected chi connectivity index (χ3v) is 6.45. The average molecular weight is 562 g/mol. The van der Waals surface area contributed by atoms with Crippen LogP contribution in [-0.2, 0) is 17.8 Å². The molecular weight excluding hydrogens is 525 g/mol. The van der Waals surface area contributed by atoms with E-state index in [4.69, 9.17) is 0 Å². The highest BCUT2D eigenvalue weighted by Crippen LogP contribution is 2.20. The van der Waals surface area contributed by atoms with Crippen LogP contribution in [0.5, 0.6) is 0 Å². The summed E-state index contributed by atoms with van der Waals surface area (Å²) in [6.45, 7) is 4.37. The molecule has 0 saturated carbocycles. The smallest absolute Gasteiger partial charge is 0.222 e. The molecule has 7 heteroatoms. The van der Waals surface area contributed by atoms with E-state index in [0.29, 0.717) is 12.5 Å². The molecule has 0 spiro atoms. The van der Waals surface area contributed by atoms with Crippen molar-refractivity contribution in [3.8, 4) is 0 Å². The van der Waals surface area contributed by atoms with Gasteiger partial charge in [-0.1, -0.05) is 42.5 Å². The van der Waals surface area contributed by atoms with Gasteiger partial charge in [0.05, 0.1) is 0 Å². The number of nitrogens with one attached hydrogen (secondary N) is 2. The summed E-state index contributed by atoms with van der Waals surface area (Å²) < 4.78 is 0. The summed E-state index contributed by atoms with van der Waals surface area (Å²) in [6.07, 6.45) is 4.63. The predicted molar refractivity (Wildman–Crippen MR) is 146 cm³/mol. The van der Waals surface area contributed by atoms with Crippen molar-refractivity contribution >= 4 is 41.5 Å². The minimum atomic E-state index is 0.